The lowest BCUT2D eigenvalue weighted by Gasteiger charge is -2.32. The molecule has 2 aliphatic rings. The molecule has 7 heteroatoms. The molecule has 2 aromatic heterocycles. The smallest absolute Gasteiger partial charge is 0.311 e. The van der Waals surface area contributed by atoms with Crippen LogP contribution in [0.15, 0.2) is 60.8 Å². The highest BCUT2D eigenvalue weighted by Crippen LogP contribution is 2.26. The Morgan fingerprint density at radius 1 is 1.16 bits per heavy atom. The van der Waals surface area contributed by atoms with Crippen molar-refractivity contribution in [3.63, 3.8) is 0 Å². The van der Waals surface area contributed by atoms with Gasteiger partial charge in [0.05, 0.1) is 17.7 Å². The SMILES string of the molecule is O=C(O)C(CCO[C@@H]1CCCN(CCCc2ccc3c(n2)NCCC3)C1)c1ccnc(-c2ccccc2)c1. The zero-order valence-corrected chi connectivity index (χ0v) is 22.0. The number of nitrogens with one attached hydrogen (secondary N) is 1. The van der Waals surface area contributed by atoms with Gasteiger partial charge in [-0.25, -0.2) is 4.98 Å². The number of aromatic nitrogens is 2. The van der Waals surface area contributed by atoms with E-state index in [1.54, 1.807) is 12.3 Å². The van der Waals surface area contributed by atoms with Gasteiger partial charge in [0.2, 0.25) is 0 Å². The predicted molar refractivity (Wildman–Crippen MR) is 149 cm³/mol. The van der Waals surface area contributed by atoms with E-state index >= 15 is 0 Å². The Hall–Kier alpha value is -3.29. The molecule has 0 radical (unpaired) electrons. The minimum atomic E-state index is -0.824. The van der Waals surface area contributed by atoms with Crippen molar-refractivity contribution in [1.29, 1.82) is 0 Å². The average Bonchev–Trinajstić information content (AvgIpc) is 2.96. The van der Waals surface area contributed by atoms with Crippen LogP contribution >= 0.6 is 0 Å². The number of hydrogen-bond donors (Lipinski definition) is 2. The van der Waals surface area contributed by atoms with Crippen molar-refractivity contribution in [3.05, 3.63) is 77.6 Å². The topological polar surface area (TPSA) is 87.6 Å². The number of benzene rings is 1. The van der Waals surface area contributed by atoms with Gasteiger partial charge < -0.3 is 20.1 Å². The van der Waals surface area contributed by atoms with Crippen molar-refractivity contribution in [2.24, 2.45) is 0 Å². The zero-order chi connectivity index (χ0) is 26.2. The molecule has 0 saturated carbocycles. The van der Waals surface area contributed by atoms with Gasteiger partial charge in [-0.15, -0.1) is 0 Å². The molecule has 2 aliphatic heterocycles. The molecule has 0 amide bonds. The molecular weight excluding hydrogens is 476 g/mol. The van der Waals surface area contributed by atoms with Gasteiger partial charge in [-0.1, -0.05) is 36.4 Å². The van der Waals surface area contributed by atoms with Gasteiger partial charge in [0.25, 0.3) is 0 Å². The van der Waals surface area contributed by atoms with Gasteiger partial charge in [-0.05, 0) is 87.4 Å². The van der Waals surface area contributed by atoms with Crippen molar-refractivity contribution >= 4 is 11.8 Å². The molecule has 3 aromatic rings. The summed E-state index contributed by atoms with van der Waals surface area (Å²) in [6.45, 7) is 4.48. The fourth-order valence-corrected chi connectivity index (χ4v) is 5.56. The van der Waals surface area contributed by atoms with Crippen LogP contribution in [-0.2, 0) is 22.4 Å². The molecule has 1 unspecified atom stereocenters. The Balaban J connectivity index is 1.08. The monoisotopic (exact) mass is 514 g/mol. The molecule has 1 aromatic carbocycles. The minimum absolute atomic E-state index is 0.154. The number of fused-ring (bicyclic) bond motifs is 1. The van der Waals surface area contributed by atoms with Crippen LogP contribution in [0, 0.1) is 0 Å². The standard InChI is InChI=1S/C31H38N4O3/c36-31(37)28(25-14-17-32-29(21-25)23-7-2-1-3-8-23)15-20-38-27-11-6-19-35(22-27)18-5-10-26-13-12-24-9-4-16-33-30(24)34-26/h1-3,7-8,12-14,17,21,27-28H,4-6,9-11,15-16,18-20,22H2,(H,33,34)(H,36,37)/t27-,28?/m1/s1. The number of pyridine rings is 2. The van der Waals surface area contributed by atoms with E-state index in [-0.39, 0.29) is 6.10 Å². The van der Waals surface area contributed by atoms with Crippen molar-refractivity contribution < 1.29 is 14.6 Å². The van der Waals surface area contributed by atoms with Crippen LogP contribution in [0.1, 0.15) is 54.8 Å². The number of ether oxygens (including phenoxy) is 1. The Morgan fingerprint density at radius 3 is 2.92 bits per heavy atom. The number of carboxylic acid groups (broad SMARTS) is 1. The number of aliphatic carboxylic acids is 1. The Bertz CT molecular complexity index is 1200. The largest absolute Gasteiger partial charge is 0.481 e. The first kappa shape index (κ1) is 26.3. The first-order valence-corrected chi connectivity index (χ1v) is 14.0. The van der Waals surface area contributed by atoms with E-state index in [2.05, 4.69) is 27.3 Å². The normalized spacial score (nSPS) is 18.4. The van der Waals surface area contributed by atoms with Crippen LogP contribution in [-0.4, -0.2) is 64.8 Å². The van der Waals surface area contributed by atoms with Crippen LogP contribution in [0.2, 0.25) is 0 Å². The summed E-state index contributed by atoms with van der Waals surface area (Å²) in [6, 6.07) is 18.0. The summed E-state index contributed by atoms with van der Waals surface area (Å²) >= 11 is 0. The summed E-state index contributed by atoms with van der Waals surface area (Å²) < 4.78 is 6.22. The molecule has 2 N–H and O–H groups in total. The Labute approximate surface area is 225 Å². The molecule has 0 bridgehead atoms. The fraction of sp³-hybridized carbons (Fsp3) is 0.452. The number of rotatable bonds is 11. The Kier molecular flexibility index (Phi) is 8.99. The summed E-state index contributed by atoms with van der Waals surface area (Å²) in [7, 11) is 0. The first-order chi connectivity index (χ1) is 18.7. The van der Waals surface area contributed by atoms with E-state index in [1.807, 2.05) is 36.4 Å². The second-order valence-corrected chi connectivity index (χ2v) is 10.4. The fourth-order valence-electron chi connectivity index (χ4n) is 5.56. The van der Waals surface area contributed by atoms with Crippen LogP contribution in [0.5, 0.6) is 0 Å². The van der Waals surface area contributed by atoms with E-state index in [9.17, 15) is 9.90 Å². The van der Waals surface area contributed by atoms with Crippen LogP contribution in [0.3, 0.4) is 0 Å². The third-order valence-electron chi connectivity index (χ3n) is 7.64. The molecule has 200 valence electrons. The van der Waals surface area contributed by atoms with Gasteiger partial charge >= 0.3 is 5.97 Å². The third kappa shape index (κ3) is 6.97. The van der Waals surface area contributed by atoms with E-state index < -0.39 is 11.9 Å². The molecule has 38 heavy (non-hydrogen) atoms. The number of nitrogens with zero attached hydrogens (tertiary/aromatic N) is 3. The lowest BCUT2D eigenvalue weighted by molar-refractivity contribution is -0.139. The van der Waals surface area contributed by atoms with Gasteiger partial charge in [-0.2, -0.15) is 0 Å². The summed E-state index contributed by atoms with van der Waals surface area (Å²) in [5, 5.41) is 13.4. The van der Waals surface area contributed by atoms with E-state index in [0.717, 1.165) is 86.6 Å². The second kappa shape index (κ2) is 13.0. The molecule has 1 fully saturated rings. The zero-order valence-electron chi connectivity index (χ0n) is 22.0. The third-order valence-corrected chi connectivity index (χ3v) is 7.64. The highest BCUT2D eigenvalue weighted by molar-refractivity contribution is 5.76. The maximum Gasteiger partial charge on any atom is 0.311 e. The molecule has 1 saturated heterocycles. The van der Waals surface area contributed by atoms with Crippen LogP contribution in [0.25, 0.3) is 11.3 Å². The average molecular weight is 515 g/mol. The summed E-state index contributed by atoms with van der Waals surface area (Å²) in [5.41, 5.74) is 5.04. The quantitative estimate of drug-likeness (QED) is 0.365. The molecule has 7 nitrogen and oxygen atoms in total. The number of aryl methyl sites for hydroxylation is 2. The molecule has 5 rings (SSSR count). The molecule has 4 heterocycles. The van der Waals surface area contributed by atoms with Gasteiger partial charge in [0.15, 0.2) is 0 Å². The van der Waals surface area contributed by atoms with E-state index in [4.69, 9.17) is 9.72 Å². The number of hydrogen-bond acceptors (Lipinski definition) is 6. The summed E-state index contributed by atoms with van der Waals surface area (Å²) in [5.74, 6) is -0.364. The van der Waals surface area contributed by atoms with Gasteiger partial charge in [-0.3, -0.25) is 9.78 Å². The van der Waals surface area contributed by atoms with Crippen molar-refractivity contribution in [2.75, 3.05) is 38.1 Å². The van der Waals surface area contributed by atoms with Gasteiger partial charge in [0, 0.05) is 37.2 Å². The lowest BCUT2D eigenvalue weighted by Crippen LogP contribution is -2.40. The van der Waals surface area contributed by atoms with Crippen LogP contribution in [0.4, 0.5) is 5.82 Å². The maximum atomic E-state index is 12.1. The highest BCUT2D eigenvalue weighted by Gasteiger charge is 2.24. The number of carboxylic acids is 1. The lowest BCUT2D eigenvalue weighted by atomic mass is 9.95. The molecule has 0 spiro atoms. The molecule has 2 atom stereocenters. The van der Waals surface area contributed by atoms with Gasteiger partial charge in [0.1, 0.15) is 5.82 Å². The highest BCUT2D eigenvalue weighted by atomic mass is 16.5. The maximum absolute atomic E-state index is 12.1. The van der Waals surface area contributed by atoms with E-state index in [0.29, 0.717) is 13.0 Å². The molecular formula is C31H38N4O3. The minimum Gasteiger partial charge on any atom is -0.481 e. The summed E-state index contributed by atoms with van der Waals surface area (Å²) in [4.78, 5) is 23.8. The number of anilines is 1. The Morgan fingerprint density at radius 2 is 2.05 bits per heavy atom. The molecule has 0 aliphatic carbocycles. The van der Waals surface area contributed by atoms with Crippen molar-refractivity contribution in [2.45, 2.75) is 57.0 Å². The van der Waals surface area contributed by atoms with Crippen molar-refractivity contribution in [1.82, 2.24) is 14.9 Å². The number of carbonyl (C=O) groups is 1. The van der Waals surface area contributed by atoms with E-state index in [1.165, 1.54) is 12.0 Å². The predicted octanol–water partition coefficient (Wildman–Crippen LogP) is 5.17. The summed E-state index contributed by atoms with van der Waals surface area (Å²) in [6.07, 6.45) is 8.79. The van der Waals surface area contributed by atoms with Crippen molar-refractivity contribution in [3.8, 4) is 11.3 Å². The first-order valence-electron chi connectivity index (χ1n) is 14.0. The number of piperidine rings is 1. The van der Waals surface area contributed by atoms with Crippen LogP contribution < -0.4 is 5.32 Å². The second-order valence-electron chi connectivity index (χ2n) is 10.4. The number of likely N-dealkylation sites (tertiary alicyclic amines) is 1.